The van der Waals surface area contributed by atoms with Gasteiger partial charge in [-0.05, 0) is 19.1 Å². The fraction of sp³-hybridized carbons (Fsp3) is 0.455. The van der Waals surface area contributed by atoms with Crippen LogP contribution in [0, 0.1) is 0 Å². The van der Waals surface area contributed by atoms with Gasteiger partial charge in [0, 0.05) is 0 Å². The molecule has 20 heavy (non-hydrogen) atoms. The van der Waals surface area contributed by atoms with E-state index in [-0.39, 0.29) is 16.8 Å². The molecule has 0 aliphatic carbocycles. The van der Waals surface area contributed by atoms with Gasteiger partial charge >= 0.3 is 12.1 Å². The van der Waals surface area contributed by atoms with Crippen molar-refractivity contribution in [3.63, 3.8) is 0 Å². The maximum absolute atomic E-state index is 13.0. The summed E-state index contributed by atoms with van der Waals surface area (Å²) < 4.78 is 43.3. The second-order valence-corrected chi connectivity index (χ2v) is 5.29. The fourth-order valence-corrected chi connectivity index (χ4v) is 2.87. The number of aliphatic hydroxyl groups is 1. The van der Waals surface area contributed by atoms with Crippen LogP contribution in [0.2, 0.25) is 0 Å². The fourth-order valence-electron chi connectivity index (χ4n) is 1.34. The molecule has 1 aromatic heterocycles. The van der Waals surface area contributed by atoms with Crippen molar-refractivity contribution in [2.45, 2.75) is 18.7 Å². The number of Topliss-reactive ketones (excluding diaryl/α,β-unsaturated/α-hetero) is 1. The van der Waals surface area contributed by atoms with Crippen molar-refractivity contribution < 1.29 is 32.6 Å². The Morgan fingerprint density at radius 2 is 2.00 bits per heavy atom. The van der Waals surface area contributed by atoms with Gasteiger partial charge in [0.15, 0.2) is 5.78 Å². The van der Waals surface area contributed by atoms with Crippen LogP contribution in [0.1, 0.15) is 21.5 Å². The minimum Gasteiger partial charge on any atom is -0.463 e. The smallest absolute Gasteiger partial charge is 0.433 e. The summed E-state index contributed by atoms with van der Waals surface area (Å²) in [6.07, 6.45) is -5.25. The monoisotopic (exact) mass is 374 g/mol. The molecule has 0 aliphatic heterocycles. The summed E-state index contributed by atoms with van der Waals surface area (Å²) in [6.45, 7) is 1.01. The quantitative estimate of drug-likeness (QED) is 0.488. The molecule has 0 saturated carbocycles. The lowest BCUT2D eigenvalue weighted by Crippen LogP contribution is -2.49. The van der Waals surface area contributed by atoms with E-state index < -0.39 is 28.4 Å². The maximum Gasteiger partial charge on any atom is 0.433 e. The zero-order valence-corrected chi connectivity index (χ0v) is 12.6. The van der Waals surface area contributed by atoms with Gasteiger partial charge in [0.05, 0.1) is 21.7 Å². The second kappa shape index (κ2) is 6.23. The zero-order valence-electron chi connectivity index (χ0n) is 10.2. The van der Waals surface area contributed by atoms with E-state index in [0.29, 0.717) is 11.3 Å². The Bertz CT molecular complexity index is 514. The molecule has 0 bridgehead atoms. The van der Waals surface area contributed by atoms with E-state index in [9.17, 15) is 27.9 Å². The summed E-state index contributed by atoms with van der Waals surface area (Å²) in [7, 11) is 0. The van der Waals surface area contributed by atoms with Crippen molar-refractivity contribution in [2.75, 3.05) is 11.9 Å². The van der Waals surface area contributed by atoms with E-state index in [4.69, 9.17) is 0 Å². The lowest BCUT2D eigenvalue weighted by Gasteiger charge is -2.26. The molecule has 0 radical (unpaired) electrons. The van der Waals surface area contributed by atoms with E-state index in [0.717, 1.165) is 12.1 Å². The molecule has 1 aromatic rings. The molecule has 4 nitrogen and oxygen atoms in total. The lowest BCUT2D eigenvalue weighted by molar-refractivity contribution is -0.266. The standard InChI is InChI=1S/C11H10BrF3O4S/c1-2-19-9(17)10(18,11(13,14)15)8-4-3-7(20-8)6(16)5-12/h3-4,18H,2,5H2,1H3. The number of rotatable bonds is 5. The van der Waals surface area contributed by atoms with Crippen molar-refractivity contribution >= 4 is 39.0 Å². The number of ketones is 1. The third-order valence-corrected chi connectivity index (χ3v) is 4.08. The first-order valence-electron chi connectivity index (χ1n) is 5.34. The Morgan fingerprint density at radius 1 is 1.40 bits per heavy atom. The van der Waals surface area contributed by atoms with Crippen LogP contribution < -0.4 is 0 Å². The van der Waals surface area contributed by atoms with E-state index in [1.807, 2.05) is 0 Å². The van der Waals surface area contributed by atoms with Crippen LogP contribution in [0.5, 0.6) is 0 Å². The summed E-state index contributed by atoms with van der Waals surface area (Å²) in [5.74, 6) is -2.26. The second-order valence-electron chi connectivity index (χ2n) is 3.65. The molecule has 1 unspecified atom stereocenters. The van der Waals surface area contributed by atoms with Crippen LogP contribution in [0.4, 0.5) is 13.2 Å². The van der Waals surface area contributed by atoms with E-state index in [1.165, 1.54) is 6.92 Å². The average Bonchev–Trinajstić information content (AvgIpc) is 2.85. The van der Waals surface area contributed by atoms with Crippen molar-refractivity contribution in [3.05, 3.63) is 21.9 Å². The van der Waals surface area contributed by atoms with Crippen molar-refractivity contribution in [2.24, 2.45) is 0 Å². The predicted octanol–water partition coefficient (Wildman–Crippen LogP) is 2.64. The minimum atomic E-state index is -5.25. The molecule has 1 rings (SSSR count). The Morgan fingerprint density at radius 3 is 2.45 bits per heavy atom. The summed E-state index contributed by atoms with van der Waals surface area (Å²) in [6, 6.07) is 2.02. The van der Waals surface area contributed by atoms with E-state index in [1.54, 1.807) is 0 Å². The van der Waals surface area contributed by atoms with Gasteiger partial charge in [0.25, 0.3) is 5.60 Å². The van der Waals surface area contributed by atoms with Gasteiger partial charge < -0.3 is 9.84 Å². The van der Waals surface area contributed by atoms with Crippen LogP contribution in [-0.4, -0.2) is 35.0 Å². The molecule has 0 aliphatic rings. The van der Waals surface area contributed by atoms with Crippen molar-refractivity contribution in [3.8, 4) is 0 Å². The third kappa shape index (κ3) is 3.04. The molecule has 9 heteroatoms. The Hall–Kier alpha value is -0.930. The van der Waals surface area contributed by atoms with Crippen molar-refractivity contribution in [1.29, 1.82) is 0 Å². The molecule has 1 heterocycles. The van der Waals surface area contributed by atoms with Gasteiger partial charge in [-0.2, -0.15) is 13.2 Å². The molecular formula is C11H10BrF3O4S. The summed E-state index contributed by atoms with van der Waals surface area (Å²) >= 11 is 3.29. The number of hydrogen-bond acceptors (Lipinski definition) is 5. The molecule has 112 valence electrons. The van der Waals surface area contributed by atoms with Gasteiger partial charge in [-0.25, -0.2) is 4.79 Å². The average molecular weight is 375 g/mol. The lowest BCUT2D eigenvalue weighted by atomic mass is 10.0. The molecule has 0 aromatic carbocycles. The third-order valence-electron chi connectivity index (χ3n) is 2.34. The topological polar surface area (TPSA) is 63.6 Å². The number of hydrogen-bond donors (Lipinski definition) is 1. The predicted molar refractivity (Wildman–Crippen MR) is 69.0 cm³/mol. The first-order chi connectivity index (χ1) is 9.18. The Labute approximate surface area is 124 Å². The van der Waals surface area contributed by atoms with Crippen LogP contribution >= 0.6 is 27.3 Å². The van der Waals surface area contributed by atoms with Crippen molar-refractivity contribution in [1.82, 2.24) is 0 Å². The largest absolute Gasteiger partial charge is 0.463 e. The number of halogens is 4. The number of carbonyl (C=O) groups excluding carboxylic acids is 2. The van der Waals surface area contributed by atoms with Crippen LogP contribution in [0.25, 0.3) is 0 Å². The maximum atomic E-state index is 13.0. The zero-order chi connectivity index (χ0) is 15.6. The van der Waals surface area contributed by atoms with Gasteiger partial charge in [0.2, 0.25) is 0 Å². The molecular weight excluding hydrogens is 365 g/mol. The summed E-state index contributed by atoms with van der Waals surface area (Å²) in [4.78, 5) is 22.2. The molecule has 0 saturated heterocycles. The Balaban J connectivity index is 3.29. The minimum absolute atomic E-state index is 0.00356. The highest BCUT2D eigenvalue weighted by atomic mass is 79.9. The van der Waals surface area contributed by atoms with Gasteiger partial charge in [-0.3, -0.25) is 4.79 Å². The van der Waals surface area contributed by atoms with Crippen LogP contribution in [-0.2, 0) is 15.1 Å². The van der Waals surface area contributed by atoms with Gasteiger partial charge in [-0.15, -0.1) is 11.3 Å². The number of alkyl halides is 4. The van der Waals surface area contributed by atoms with Gasteiger partial charge in [0.1, 0.15) is 0 Å². The van der Waals surface area contributed by atoms with Crippen LogP contribution in [0.3, 0.4) is 0 Å². The summed E-state index contributed by atoms with van der Waals surface area (Å²) in [5.41, 5.74) is -3.77. The molecule has 1 N–H and O–H groups in total. The molecule has 0 fully saturated rings. The Kier molecular flexibility index (Phi) is 5.33. The number of carbonyl (C=O) groups is 2. The van der Waals surface area contributed by atoms with E-state index in [2.05, 4.69) is 20.7 Å². The highest BCUT2D eigenvalue weighted by molar-refractivity contribution is 9.09. The number of esters is 1. The number of thiophene rings is 1. The van der Waals surface area contributed by atoms with E-state index >= 15 is 0 Å². The molecule has 1 atom stereocenters. The first-order valence-corrected chi connectivity index (χ1v) is 7.28. The summed E-state index contributed by atoms with van der Waals surface area (Å²) in [5, 5.41) is 9.70. The number of ether oxygens (including phenoxy) is 1. The highest BCUT2D eigenvalue weighted by Crippen LogP contribution is 2.42. The molecule has 0 amide bonds. The van der Waals surface area contributed by atoms with Crippen LogP contribution in [0.15, 0.2) is 12.1 Å². The SMILES string of the molecule is CCOC(=O)C(O)(c1ccc(C(=O)CBr)s1)C(F)(F)F. The van der Waals surface area contributed by atoms with Gasteiger partial charge in [-0.1, -0.05) is 15.9 Å². The normalized spacial score (nSPS) is 14.7. The first kappa shape index (κ1) is 17.1. The highest BCUT2D eigenvalue weighted by Gasteiger charge is 2.63. The molecule has 0 spiro atoms.